The van der Waals surface area contributed by atoms with E-state index in [1.54, 1.807) is 11.8 Å². The van der Waals surface area contributed by atoms with E-state index in [0.29, 0.717) is 25.6 Å². The number of para-hydroxylation sites is 1. The summed E-state index contributed by atoms with van der Waals surface area (Å²) in [5, 5.41) is 2.69. The van der Waals surface area contributed by atoms with Crippen LogP contribution >= 0.6 is 11.8 Å². The van der Waals surface area contributed by atoms with Crippen LogP contribution in [-0.4, -0.2) is 68.8 Å². The van der Waals surface area contributed by atoms with Crippen LogP contribution in [0, 0.1) is 5.92 Å². The molecule has 0 radical (unpaired) electrons. The number of benzene rings is 2. The van der Waals surface area contributed by atoms with E-state index in [1.807, 2.05) is 57.2 Å². The second-order valence-corrected chi connectivity index (χ2v) is 12.8. The first-order valence-corrected chi connectivity index (χ1v) is 15.2. The quantitative estimate of drug-likeness (QED) is 0.471. The predicted molar refractivity (Wildman–Crippen MR) is 156 cm³/mol. The number of carbonyl (C=O) groups excluding carboxylic acids is 3. The normalized spacial score (nSPS) is 22.7. The maximum absolute atomic E-state index is 13.6. The molecule has 3 aliphatic rings. The van der Waals surface area contributed by atoms with Crippen molar-refractivity contribution >= 4 is 35.3 Å². The van der Waals surface area contributed by atoms with Gasteiger partial charge in [-0.2, -0.15) is 0 Å². The Kier molecular flexibility index (Phi) is 8.50. The minimum atomic E-state index is -0.345. The van der Waals surface area contributed by atoms with Crippen molar-refractivity contribution in [2.45, 2.75) is 75.6 Å². The molecule has 39 heavy (non-hydrogen) atoms. The molecular weight excluding hydrogens is 508 g/mol. The molecule has 1 N–H and O–H groups in total. The second kappa shape index (κ2) is 12.0. The van der Waals surface area contributed by atoms with Gasteiger partial charge in [0.2, 0.25) is 11.8 Å². The zero-order chi connectivity index (χ0) is 27.5. The number of carbonyl (C=O) groups is 3. The number of amides is 4. The lowest BCUT2D eigenvalue weighted by Gasteiger charge is -2.40. The number of thioether (sulfide) groups is 1. The minimum absolute atomic E-state index is 0.0303. The highest BCUT2D eigenvalue weighted by molar-refractivity contribution is 8.01. The summed E-state index contributed by atoms with van der Waals surface area (Å²) in [7, 11) is 0. The van der Waals surface area contributed by atoms with Crippen LogP contribution < -0.4 is 5.32 Å². The number of rotatable bonds is 8. The van der Waals surface area contributed by atoms with Crippen LogP contribution in [0.25, 0.3) is 0 Å². The van der Waals surface area contributed by atoms with Crippen molar-refractivity contribution < 1.29 is 14.4 Å². The molecule has 7 nitrogen and oxygen atoms in total. The smallest absolute Gasteiger partial charge is 0.322 e. The molecule has 2 fully saturated rings. The number of fused-ring (bicyclic) bond motifs is 1. The van der Waals surface area contributed by atoms with Crippen molar-refractivity contribution in [1.82, 2.24) is 14.7 Å². The highest BCUT2D eigenvalue weighted by Gasteiger charge is 2.44. The van der Waals surface area contributed by atoms with Crippen LogP contribution in [0.3, 0.4) is 0 Å². The van der Waals surface area contributed by atoms with Crippen LogP contribution in [0.5, 0.6) is 0 Å². The summed E-state index contributed by atoms with van der Waals surface area (Å²) in [6.07, 6.45) is 2.69. The van der Waals surface area contributed by atoms with E-state index in [0.717, 1.165) is 37.1 Å². The molecule has 3 heterocycles. The predicted octanol–water partition coefficient (Wildman–Crippen LogP) is 5.54. The molecule has 0 saturated carbocycles. The number of nitrogens with zero attached hydrogens (tertiary/aromatic N) is 3. The zero-order valence-electron chi connectivity index (χ0n) is 23.2. The van der Waals surface area contributed by atoms with Crippen molar-refractivity contribution in [3.63, 3.8) is 0 Å². The van der Waals surface area contributed by atoms with E-state index in [4.69, 9.17) is 0 Å². The fraction of sp³-hybridized carbons (Fsp3) is 0.516. The first-order chi connectivity index (χ1) is 18.8. The standard InChI is InChI=1S/C31H40N4O3S/c1-21(2)13-18-34-29(37)27(39-30(34)22(3)23-9-5-4-6-10-23)19-28(36)33-16-14-25(15-17-33)35-20-24-11-7-8-12-26(24)32-31(35)38/h4-12,21-22,25,27,30H,13-20H2,1-3H3,(H,32,38). The van der Waals surface area contributed by atoms with E-state index in [-0.39, 0.29) is 46.8 Å². The lowest BCUT2D eigenvalue weighted by molar-refractivity contribution is -0.137. The van der Waals surface area contributed by atoms with Crippen molar-refractivity contribution in [1.29, 1.82) is 0 Å². The molecule has 8 heteroatoms. The Hall–Kier alpha value is -3.00. The van der Waals surface area contributed by atoms with Crippen LogP contribution in [0.4, 0.5) is 10.5 Å². The number of hydrogen-bond donors (Lipinski definition) is 1. The molecule has 2 aromatic carbocycles. The lowest BCUT2D eigenvalue weighted by atomic mass is 9.99. The van der Waals surface area contributed by atoms with Crippen LogP contribution in [0.1, 0.15) is 63.5 Å². The summed E-state index contributed by atoms with van der Waals surface area (Å²) in [4.78, 5) is 45.5. The topological polar surface area (TPSA) is 73.0 Å². The van der Waals surface area contributed by atoms with E-state index >= 15 is 0 Å². The third-order valence-corrected chi connectivity index (χ3v) is 9.99. The molecule has 3 atom stereocenters. The number of anilines is 1. The highest BCUT2D eigenvalue weighted by atomic mass is 32.2. The fourth-order valence-electron chi connectivity index (χ4n) is 5.92. The van der Waals surface area contributed by atoms with Crippen molar-refractivity contribution in [3.05, 3.63) is 65.7 Å². The summed E-state index contributed by atoms with van der Waals surface area (Å²) >= 11 is 1.66. The van der Waals surface area contributed by atoms with E-state index < -0.39 is 0 Å². The minimum Gasteiger partial charge on any atom is -0.342 e. The summed E-state index contributed by atoms with van der Waals surface area (Å²) in [5.41, 5.74) is 3.22. The number of urea groups is 1. The van der Waals surface area contributed by atoms with Crippen LogP contribution in [-0.2, 0) is 16.1 Å². The molecule has 3 unspecified atom stereocenters. The van der Waals surface area contributed by atoms with Gasteiger partial charge in [0, 0.05) is 50.2 Å². The Morgan fingerprint density at radius 3 is 2.41 bits per heavy atom. The average molecular weight is 549 g/mol. The molecule has 0 aromatic heterocycles. The van der Waals surface area contributed by atoms with Gasteiger partial charge in [0.25, 0.3) is 0 Å². The van der Waals surface area contributed by atoms with Gasteiger partial charge in [-0.25, -0.2) is 4.79 Å². The molecule has 2 aromatic rings. The van der Waals surface area contributed by atoms with Crippen molar-refractivity contribution in [2.75, 3.05) is 25.0 Å². The van der Waals surface area contributed by atoms with Gasteiger partial charge < -0.3 is 20.0 Å². The number of piperidine rings is 1. The molecule has 0 spiro atoms. The van der Waals surface area contributed by atoms with E-state index in [2.05, 4.69) is 38.2 Å². The molecule has 0 bridgehead atoms. The SMILES string of the molecule is CC(C)CCN1C(=O)C(CC(=O)N2CCC(N3Cc4ccccc4NC3=O)CC2)SC1C(C)c1ccccc1. The van der Waals surface area contributed by atoms with Gasteiger partial charge in [-0.15, -0.1) is 11.8 Å². The first-order valence-electron chi connectivity index (χ1n) is 14.3. The number of nitrogens with one attached hydrogen (secondary N) is 1. The largest absolute Gasteiger partial charge is 0.342 e. The van der Waals surface area contributed by atoms with Gasteiger partial charge in [-0.05, 0) is 42.4 Å². The average Bonchev–Trinajstić information content (AvgIpc) is 3.26. The Balaban J connectivity index is 1.19. The van der Waals surface area contributed by atoms with Gasteiger partial charge >= 0.3 is 6.03 Å². The maximum atomic E-state index is 13.6. The third-order valence-electron chi connectivity index (χ3n) is 8.35. The lowest BCUT2D eigenvalue weighted by Crippen LogP contribution is -2.51. The van der Waals surface area contributed by atoms with Gasteiger partial charge in [0.1, 0.15) is 0 Å². The zero-order valence-corrected chi connectivity index (χ0v) is 24.0. The Bertz CT molecular complexity index is 1180. The molecular formula is C31H40N4O3S. The molecule has 208 valence electrons. The van der Waals surface area contributed by atoms with Crippen molar-refractivity contribution in [3.8, 4) is 0 Å². The number of hydrogen-bond acceptors (Lipinski definition) is 4. The monoisotopic (exact) mass is 548 g/mol. The molecule has 2 saturated heterocycles. The Labute approximate surface area is 236 Å². The molecule has 4 amide bonds. The summed E-state index contributed by atoms with van der Waals surface area (Å²) in [6, 6.07) is 18.3. The summed E-state index contributed by atoms with van der Waals surface area (Å²) < 4.78 is 0. The first kappa shape index (κ1) is 27.6. The Morgan fingerprint density at radius 1 is 1.00 bits per heavy atom. The number of likely N-dealkylation sites (tertiary alicyclic amines) is 1. The van der Waals surface area contributed by atoms with E-state index in [9.17, 15) is 14.4 Å². The van der Waals surface area contributed by atoms with Gasteiger partial charge in [0.15, 0.2) is 0 Å². The van der Waals surface area contributed by atoms with Gasteiger partial charge in [-0.1, -0.05) is 69.3 Å². The molecule has 0 aliphatic carbocycles. The van der Waals surface area contributed by atoms with Gasteiger partial charge in [0.05, 0.1) is 10.6 Å². The van der Waals surface area contributed by atoms with E-state index in [1.165, 1.54) is 5.56 Å². The summed E-state index contributed by atoms with van der Waals surface area (Å²) in [6.45, 7) is 9.10. The maximum Gasteiger partial charge on any atom is 0.322 e. The van der Waals surface area contributed by atoms with Crippen LogP contribution in [0.15, 0.2) is 54.6 Å². The van der Waals surface area contributed by atoms with Crippen LogP contribution in [0.2, 0.25) is 0 Å². The molecule has 5 rings (SSSR count). The third kappa shape index (κ3) is 6.11. The van der Waals surface area contributed by atoms with Crippen molar-refractivity contribution in [2.24, 2.45) is 5.92 Å². The van der Waals surface area contributed by atoms with Gasteiger partial charge in [-0.3, -0.25) is 9.59 Å². The summed E-state index contributed by atoms with van der Waals surface area (Å²) in [5.74, 6) is 0.835. The fourth-order valence-corrected chi connectivity index (χ4v) is 7.50. The Morgan fingerprint density at radius 2 is 1.69 bits per heavy atom. The molecule has 3 aliphatic heterocycles. The highest BCUT2D eigenvalue weighted by Crippen LogP contribution is 2.42. The second-order valence-electron chi connectivity index (χ2n) is 11.5.